The predicted octanol–water partition coefficient (Wildman–Crippen LogP) is 4.42. The quantitative estimate of drug-likeness (QED) is 0.178. The highest BCUT2D eigenvalue weighted by Crippen LogP contribution is 2.46. The second-order valence-electron chi connectivity index (χ2n) is 9.06. The van der Waals surface area contributed by atoms with E-state index in [1.165, 1.54) is 26.9 Å². The molecule has 40 heavy (non-hydrogen) atoms. The van der Waals surface area contributed by atoms with E-state index in [0.29, 0.717) is 41.5 Å². The van der Waals surface area contributed by atoms with Crippen molar-refractivity contribution in [2.45, 2.75) is 26.2 Å². The average Bonchev–Trinajstić information content (AvgIpc) is 3.45. The first-order valence-corrected chi connectivity index (χ1v) is 13.2. The highest BCUT2D eigenvalue weighted by atomic mass is 16.7. The molecule has 9 heteroatoms. The van der Waals surface area contributed by atoms with Crippen molar-refractivity contribution in [2.24, 2.45) is 0 Å². The van der Waals surface area contributed by atoms with Gasteiger partial charge in [-0.3, -0.25) is 4.79 Å². The first kappa shape index (κ1) is 28.8. The summed E-state index contributed by atoms with van der Waals surface area (Å²) in [6, 6.07) is 15.3. The minimum Gasteiger partial charge on any atom is -0.493 e. The Bertz CT molecular complexity index is 1340. The molecule has 3 aromatic carbocycles. The molecule has 9 nitrogen and oxygen atoms in total. The molecule has 4 rings (SSSR count). The van der Waals surface area contributed by atoms with Crippen LogP contribution in [0.25, 0.3) is 0 Å². The van der Waals surface area contributed by atoms with Crippen molar-refractivity contribution in [2.75, 3.05) is 47.8 Å². The van der Waals surface area contributed by atoms with E-state index < -0.39 is 5.97 Å². The van der Waals surface area contributed by atoms with E-state index in [1.54, 1.807) is 19.1 Å². The number of carbonyl (C=O) groups excluding carboxylic acids is 2. The van der Waals surface area contributed by atoms with Crippen LogP contribution in [0.5, 0.6) is 28.7 Å². The Morgan fingerprint density at radius 2 is 1.65 bits per heavy atom. The van der Waals surface area contributed by atoms with Gasteiger partial charge in [-0.1, -0.05) is 30.3 Å². The molecule has 0 spiro atoms. The highest BCUT2D eigenvalue weighted by Gasteiger charge is 2.30. The van der Waals surface area contributed by atoms with Crippen LogP contribution in [0.1, 0.15) is 44.3 Å². The molecule has 1 heterocycles. The van der Waals surface area contributed by atoms with Crippen LogP contribution in [0.15, 0.2) is 48.5 Å². The fraction of sp³-hybridized carbons (Fsp3) is 0.355. The van der Waals surface area contributed by atoms with Gasteiger partial charge in [0.15, 0.2) is 28.8 Å². The van der Waals surface area contributed by atoms with Crippen LogP contribution >= 0.6 is 0 Å². The Labute approximate surface area is 234 Å². The smallest absolute Gasteiger partial charge is 0.342 e. The van der Waals surface area contributed by atoms with Crippen LogP contribution in [0.4, 0.5) is 0 Å². The number of Topliss-reactive ketones (excluding diaryl/α,β-unsaturated/α-hetero) is 1. The van der Waals surface area contributed by atoms with Crippen molar-refractivity contribution in [3.8, 4) is 28.7 Å². The number of ether oxygens (including phenoxy) is 6. The van der Waals surface area contributed by atoms with E-state index in [0.717, 1.165) is 18.5 Å². The fourth-order valence-corrected chi connectivity index (χ4v) is 4.78. The zero-order valence-corrected chi connectivity index (χ0v) is 23.3. The molecular weight excluding hydrogens is 514 g/mol. The summed E-state index contributed by atoms with van der Waals surface area (Å²) in [5.41, 5.74) is 3.02. The third-order valence-corrected chi connectivity index (χ3v) is 6.69. The number of benzene rings is 3. The first-order valence-electron chi connectivity index (χ1n) is 13.2. The zero-order valence-electron chi connectivity index (χ0n) is 23.3. The molecule has 1 N–H and O–H groups in total. The highest BCUT2D eigenvalue weighted by molar-refractivity contribution is 6.09. The van der Waals surface area contributed by atoms with E-state index in [1.807, 2.05) is 24.3 Å². The number of esters is 1. The molecule has 0 bridgehead atoms. The third kappa shape index (κ3) is 6.31. The summed E-state index contributed by atoms with van der Waals surface area (Å²) in [6.07, 6.45) is 1.49. The molecule has 0 saturated heterocycles. The van der Waals surface area contributed by atoms with Gasteiger partial charge in [0.05, 0.1) is 27.9 Å². The monoisotopic (exact) mass is 549 g/mol. The van der Waals surface area contributed by atoms with Gasteiger partial charge in [-0.25, -0.2) is 4.79 Å². The van der Waals surface area contributed by atoms with Gasteiger partial charge < -0.3 is 33.7 Å². The van der Waals surface area contributed by atoms with E-state index >= 15 is 0 Å². The van der Waals surface area contributed by atoms with Crippen molar-refractivity contribution >= 4 is 11.8 Å². The zero-order chi connectivity index (χ0) is 28.5. The normalized spacial score (nSPS) is 11.7. The lowest BCUT2D eigenvalue weighted by atomic mass is 9.92. The summed E-state index contributed by atoms with van der Waals surface area (Å²) in [5, 5.41) is 3.48. The number of hydrogen-bond acceptors (Lipinski definition) is 9. The van der Waals surface area contributed by atoms with Gasteiger partial charge in [-0.15, -0.1) is 0 Å². The molecule has 0 aromatic heterocycles. The lowest BCUT2D eigenvalue weighted by Crippen LogP contribution is -2.21. The van der Waals surface area contributed by atoms with Gasteiger partial charge in [0.2, 0.25) is 12.5 Å². The Kier molecular flexibility index (Phi) is 9.86. The van der Waals surface area contributed by atoms with Crippen molar-refractivity contribution in [1.82, 2.24) is 5.32 Å². The van der Waals surface area contributed by atoms with Gasteiger partial charge in [0.25, 0.3) is 0 Å². The number of rotatable bonds is 14. The van der Waals surface area contributed by atoms with Crippen LogP contribution in [-0.4, -0.2) is 59.6 Å². The van der Waals surface area contributed by atoms with Gasteiger partial charge in [-0.05, 0) is 62.2 Å². The minimum absolute atomic E-state index is 0.0255. The predicted molar refractivity (Wildman–Crippen MR) is 149 cm³/mol. The molecule has 1 aliphatic heterocycles. The number of nitrogens with one attached hydrogen (secondary N) is 1. The maximum atomic E-state index is 13.8. The van der Waals surface area contributed by atoms with Gasteiger partial charge in [-0.2, -0.15) is 0 Å². The summed E-state index contributed by atoms with van der Waals surface area (Å²) < 4.78 is 33.1. The summed E-state index contributed by atoms with van der Waals surface area (Å²) >= 11 is 0. The van der Waals surface area contributed by atoms with E-state index in [2.05, 4.69) is 17.4 Å². The number of fused-ring (bicyclic) bond motifs is 1. The lowest BCUT2D eigenvalue weighted by Gasteiger charge is -2.18. The topological polar surface area (TPSA) is 102 Å². The van der Waals surface area contributed by atoms with Crippen LogP contribution in [0.3, 0.4) is 0 Å². The number of hydrogen-bond donors (Lipinski definition) is 1. The second kappa shape index (κ2) is 13.7. The number of methoxy groups -OCH3 is 3. The SMILES string of the molecule is CCOC(=O)c1c(C(=O)Cc2c(CCNCCc3ccccc3)cc3c(c2OC)OCO3)ccc(OC)c1OC. The van der Waals surface area contributed by atoms with Crippen LogP contribution in [-0.2, 0) is 24.0 Å². The Morgan fingerprint density at radius 1 is 0.900 bits per heavy atom. The van der Waals surface area contributed by atoms with E-state index in [-0.39, 0.29) is 42.5 Å². The van der Waals surface area contributed by atoms with Crippen LogP contribution in [0.2, 0.25) is 0 Å². The van der Waals surface area contributed by atoms with Gasteiger partial charge in [0.1, 0.15) is 5.56 Å². The molecule has 3 aromatic rings. The maximum Gasteiger partial charge on any atom is 0.342 e. The number of ketones is 1. The molecule has 0 aliphatic carbocycles. The standard InChI is InChI=1S/C31H35NO8/c1-5-38-31(34)27-22(11-12-25(35-2)29(27)37-4)24(33)18-23-21(17-26-30(28(23)36-3)40-19-39-26)14-16-32-15-13-20-9-7-6-8-10-20/h6-12,17,32H,5,13-16,18-19H2,1-4H3. The molecule has 1 aliphatic rings. The molecule has 212 valence electrons. The maximum absolute atomic E-state index is 13.8. The van der Waals surface area contributed by atoms with E-state index in [4.69, 9.17) is 28.4 Å². The molecule has 0 atom stereocenters. The fourth-order valence-electron chi connectivity index (χ4n) is 4.78. The second-order valence-corrected chi connectivity index (χ2v) is 9.06. The van der Waals surface area contributed by atoms with Crippen LogP contribution in [0, 0.1) is 0 Å². The molecular formula is C31H35NO8. The van der Waals surface area contributed by atoms with Crippen molar-refractivity contribution in [3.63, 3.8) is 0 Å². The average molecular weight is 550 g/mol. The van der Waals surface area contributed by atoms with Crippen molar-refractivity contribution in [3.05, 3.63) is 76.3 Å². The lowest BCUT2D eigenvalue weighted by molar-refractivity contribution is 0.0518. The third-order valence-electron chi connectivity index (χ3n) is 6.69. The largest absolute Gasteiger partial charge is 0.493 e. The summed E-state index contributed by atoms with van der Waals surface area (Å²) in [6.45, 7) is 3.41. The number of carbonyl (C=O) groups is 2. The van der Waals surface area contributed by atoms with Crippen molar-refractivity contribution < 1.29 is 38.0 Å². The van der Waals surface area contributed by atoms with Crippen LogP contribution < -0.4 is 29.0 Å². The van der Waals surface area contributed by atoms with E-state index in [9.17, 15) is 9.59 Å². The Morgan fingerprint density at radius 3 is 2.35 bits per heavy atom. The van der Waals surface area contributed by atoms with Gasteiger partial charge >= 0.3 is 5.97 Å². The van der Waals surface area contributed by atoms with Gasteiger partial charge in [0, 0.05) is 17.5 Å². The minimum atomic E-state index is -0.665. The first-order chi connectivity index (χ1) is 19.5. The Hall–Kier alpha value is -4.24. The molecule has 0 amide bonds. The molecule has 0 unspecified atom stereocenters. The summed E-state index contributed by atoms with van der Waals surface area (Å²) in [4.78, 5) is 26.8. The summed E-state index contributed by atoms with van der Waals surface area (Å²) in [5.74, 6) is 0.981. The summed E-state index contributed by atoms with van der Waals surface area (Å²) in [7, 11) is 4.41. The Balaban J connectivity index is 1.62. The molecule has 0 fully saturated rings. The molecule has 0 radical (unpaired) electrons. The van der Waals surface area contributed by atoms with Crippen molar-refractivity contribution in [1.29, 1.82) is 0 Å². The molecule has 0 saturated carbocycles.